The zero-order valence-electron chi connectivity index (χ0n) is 7.24. The Hall–Kier alpha value is -0.900. The molecular weight excluding hydrogens is 234 g/mol. The van der Waals surface area contributed by atoms with E-state index >= 15 is 0 Å². The summed E-state index contributed by atoms with van der Waals surface area (Å²) in [4.78, 5) is 15.0. The number of carbonyl (C=O) groups excluding carboxylic acids is 1. The van der Waals surface area contributed by atoms with Gasteiger partial charge in [0.15, 0.2) is 5.01 Å². The first kappa shape index (κ1) is 10.2. The molecule has 0 aliphatic rings. The largest absolute Gasteiger partial charge is 0.451 e. The lowest BCUT2D eigenvalue weighted by molar-refractivity contribution is -0.143. The van der Waals surface area contributed by atoms with Crippen LogP contribution in [0.4, 0.5) is 0 Å². The average Bonchev–Trinajstić information content (AvgIpc) is 2.04. The average molecular weight is 244 g/mol. The number of rotatable bonds is 3. The lowest BCUT2D eigenvalue weighted by atomic mass is 10.2. The molecule has 3 nitrogen and oxygen atoms in total. The zero-order valence-corrected chi connectivity index (χ0v) is 8.82. The highest BCUT2D eigenvalue weighted by molar-refractivity contribution is 9.09. The van der Waals surface area contributed by atoms with Crippen LogP contribution in [-0.4, -0.2) is 16.0 Å². The highest BCUT2D eigenvalue weighted by atomic mass is 79.9. The molecule has 1 rings (SSSR count). The van der Waals surface area contributed by atoms with E-state index in [0.717, 1.165) is 5.56 Å². The van der Waals surface area contributed by atoms with E-state index in [0.29, 0.717) is 0 Å². The maximum Gasteiger partial charge on any atom is 0.311 e. The summed E-state index contributed by atoms with van der Waals surface area (Å²) in [6.45, 7) is 1.75. The SMILES string of the molecule is CC(Br)OC(=O)Cc1cccnc1. The fourth-order valence-electron chi connectivity index (χ4n) is 0.892. The number of aromatic nitrogens is 1. The van der Waals surface area contributed by atoms with Crippen LogP contribution in [0.1, 0.15) is 12.5 Å². The lowest BCUT2D eigenvalue weighted by Gasteiger charge is -2.05. The van der Waals surface area contributed by atoms with Gasteiger partial charge in [-0.3, -0.25) is 9.78 Å². The Kier molecular flexibility index (Phi) is 3.89. The van der Waals surface area contributed by atoms with Crippen molar-refractivity contribution in [2.45, 2.75) is 18.4 Å². The van der Waals surface area contributed by atoms with Gasteiger partial charge in [-0.1, -0.05) is 6.07 Å². The van der Waals surface area contributed by atoms with Crippen LogP contribution in [0.3, 0.4) is 0 Å². The van der Waals surface area contributed by atoms with Crippen molar-refractivity contribution in [1.29, 1.82) is 0 Å². The van der Waals surface area contributed by atoms with E-state index in [1.54, 1.807) is 25.4 Å². The molecule has 0 aliphatic carbocycles. The summed E-state index contributed by atoms with van der Waals surface area (Å²) in [6.07, 6.45) is 3.59. The van der Waals surface area contributed by atoms with Gasteiger partial charge >= 0.3 is 5.97 Å². The maximum absolute atomic E-state index is 11.1. The number of nitrogens with zero attached hydrogens (tertiary/aromatic N) is 1. The highest BCUT2D eigenvalue weighted by Crippen LogP contribution is 2.04. The monoisotopic (exact) mass is 243 g/mol. The zero-order chi connectivity index (χ0) is 9.68. The van der Waals surface area contributed by atoms with Gasteiger partial charge in [0, 0.05) is 12.4 Å². The van der Waals surface area contributed by atoms with Crippen molar-refractivity contribution in [1.82, 2.24) is 4.98 Å². The van der Waals surface area contributed by atoms with E-state index < -0.39 is 0 Å². The van der Waals surface area contributed by atoms with E-state index in [9.17, 15) is 4.79 Å². The molecule has 0 N–H and O–H groups in total. The summed E-state index contributed by atoms with van der Waals surface area (Å²) in [7, 11) is 0. The number of ether oxygens (including phenoxy) is 1. The Bertz CT molecular complexity index is 274. The van der Waals surface area contributed by atoms with Crippen molar-refractivity contribution < 1.29 is 9.53 Å². The van der Waals surface area contributed by atoms with Crippen LogP contribution in [0.15, 0.2) is 24.5 Å². The van der Waals surface area contributed by atoms with Gasteiger partial charge in [0.25, 0.3) is 0 Å². The molecule has 1 atom stereocenters. The van der Waals surface area contributed by atoms with E-state index in [-0.39, 0.29) is 17.4 Å². The smallest absolute Gasteiger partial charge is 0.311 e. The highest BCUT2D eigenvalue weighted by Gasteiger charge is 2.06. The molecule has 0 saturated heterocycles. The second kappa shape index (κ2) is 4.97. The summed E-state index contributed by atoms with van der Waals surface area (Å²) >= 11 is 3.13. The van der Waals surface area contributed by atoms with Gasteiger partial charge < -0.3 is 4.74 Å². The van der Waals surface area contributed by atoms with Crippen LogP contribution >= 0.6 is 15.9 Å². The predicted octanol–water partition coefficient (Wildman–Crippen LogP) is 1.91. The molecule has 0 fully saturated rings. The molecule has 0 aromatic carbocycles. The molecule has 0 amide bonds. The van der Waals surface area contributed by atoms with Crippen LogP contribution in [0, 0.1) is 0 Å². The van der Waals surface area contributed by atoms with Crippen molar-refractivity contribution in [2.24, 2.45) is 0 Å². The molecule has 0 aliphatic heterocycles. The third-order valence-corrected chi connectivity index (χ3v) is 1.55. The molecule has 4 heteroatoms. The minimum atomic E-state index is -0.252. The second-order valence-corrected chi connectivity index (χ2v) is 3.86. The minimum absolute atomic E-state index is 0.239. The van der Waals surface area contributed by atoms with E-state index in [1.807, 2.05) is 6.07 Å². The lowest BCUT2D eigenvalue weighted by Crippen LogP contribution is -2.11. The molecule has 0 bridgehead atoms. The number of halogens is 1. The van der Waals surface area contributed by atoms with Gasteiger partial charge in [-0.15, -0.1) is 0 Å². The quantitative estimate of drug-likeness (QED) is 0.602. The van der Waals surface area contributed by atoms with Gasteiger partial charge in [-0.2, -0.15) is 0 Å². The summed E-state index contributed by atoms with van der Waals surface area (Å²) < 4.78 is 4.90. The summed E-state index contributed by atoms with van der Waals surface area (Å²) in [5, 5.41) is -0.239. The van der Waals surface area contributed by atoms with Crippen LogP contribution in [0.2, 0.25) is 0 Å². The Balaban J connectivity index is 2.46. The van der Waals surface area contributed by atoms with E-state index in [1.165, 1.54) is 0 Å². The Morgan fingerprint density at radius 2 is 2.54 bits per heavy atom. The van der Waals surface area contributed by atoms with Crippen molar-refractivity contribution in [3.8, 4) is 0 Å². The molecule has 70 valence electrons. The van der Waals surface area contributed by atoms with E-state index in [2.05, 4.69) is 20.9 Å². The summed E-state index contributed by atoms with van der Waals surface area (Å²) in [6, 6.07) is 3.63. The third-order valence-electron chi connectivity index (χ3n) is 1.37. The Morgan fingerprint density at radius 3 is 3.08 bits per heavy atom. The van der Waals surface area contributed by atoms with Gasteiger partial charge in [-0.05, 0) is 34.5 Å². The minimum Gasteiger partial charge on any atom is -0.451 e. The number of esters is 1. The van der Waals surface area contributed by atoms with Gasteiger partial charge in [0.1, 0.15) is 0 Å². The first-order chi connectivity index (χ1) is 6.18. The molecule has 1 aromatic heterocycles. The van der Waals surface area contributed by atoms with Crippen molar-refractivity contribution in [3.63, 3.8) is 0 Å². The van der Waals surface area contributed by atoms with Gasteiger partial charge in [0.05, 0.1) is 6.42 Å². The Morgan fingerprint density at radius 1 is 1.77 bits per heavy atom. The molecule has 0 radical (unpaired) electrons. The summed E-state index contributed by atoms with van der Waals surface area (Å²) in [5.41, 5.74) is 0.862. The first-order valence-electron chi connectivity index (χ1n) is 3.91. The third kappa shape index (κ3) is 4.03. The number of hydrogen-bond donors (Lipinski definition) is 0. The van der Waals surface area contributed by atoms with Gasteiger partial charge in [0.2, 0.25) is 0 Å². The van der Waals surface area contributed by atoms with E-state index in [4.69, 9.17) is 4.74 Å². The topological polar surface area (TPSA) is 39.2 Å². The molecule has 1 unspecified atom stereocenters. The molecule has 1 aromatic rings. The summed E-state index contributed by atoms with van der Waals surface area (Å²) in [5.74, 6) is -0.252. The van der Waals surface area contributed by atoms with Crippen molar-refractivity contribution >= 4 is 21.9 Å². The molecular formula is C9H10BrNO2. The molecule has 13 heavy (non-hydrogen) atoms. The molecule has 0 spiro atoms. The first-order valence-corrected chi connectivity index (χ1v) is 4.82. The maximum atomic E-state index is 11.1. The fraction of sp³-hybridized carbons (Fsp3) is 0.333. The molecule has 1 heterocycles. The van der Waals surface area contributed by atoms with Crippen molar-refractivity contribution in [2.75, 3.05) is 0 Å². The molecule has 0 saturated carbocycles. The number of carbonyl (C=O) groups is 1. The number of alkyl halides is 1. The standard InChI is InChI=1S/C9H10BrNO2/c1-7(10)13-9(12)5-8-3-2-4-11-6-8/h2-4,6-7H,5H2,1H3. The number of hydrogen-bond acceptors (Lipinski definition) is 3. The van der Waals surface area contributed by atoms with Crippen LogP contribution in [0.5, 0.6) is 0 Å². The second-order valence-electron chi connectivity index (χ2n) is 2.57. The fourth-order valence-corrected chi connectivity index (χ4v) is 1.10. The van der Waals surface area contributed by atoms with Crippen LogP contribution in [0.25, 0.3) is 0 Å². The Labute approximate surface area is 85.3 Å². The van der Waals surface area contributed by atoms with Gasteiger partial charge in [-0.25, -0.2) is 0 Å². The number of pyridine rings is 1. The van der Waals surface area contributed by atoms with Crippen LogP contribution in [-0.2, 0) is 16.0 Å². The normalized spacial score (nSPS) is 12.2. The van der Waals surface area contributed by atoms with Crippen molar-refractivity contribution in [3.05, 3.63) is 30.1 Å². The predicted molar refractivity (Wildman–Crippen MR) is 52.4 cm³/mol. The van der Waals surface area contributed by atoms with Crippen LogP contribution < -0.4 is 0 Å².